The fourth-order valence-electron chi connectivity index (χ4n) is 2.14. The van der Waals surface area contributed by atoms with Crippen LogP contribution in [0.25, 0.3) is 0 Å². The van der Waals surface area contributed by atoms with Crippen molar-refractivity contribution in [2.45, 2.75) is 13.0 Å². The van der Waals surface area contributed by atoms with Gasteiger partial charge >= 0.3 is 0 Å². The van der Waals surface area contributed by atoms with E-state index >= 15 is 0 Å². The minimum atomic E-state index is 0.0442. The molecule has 5 heteroatoms. The van der Waals surface area contributed by atoms with Crippen molar-refractivity contribution in [3.63, 3.8) is 0 Å². The van der Waals surface area contributed by atoms with Crippen LogP contribution < -0.4 is 22.5 Å². The summed E-state index contributed by atoms with van der Waals surface area (Å²) in [7, 11) is 0. The van der Waals surface area contributed by atoms with Crippen LogP contribution in [-0.2, 0) is 13.0 Å². The summed E-state index contributed by atoms with van der Waals surface area (Å²) in [6.45, 7) is 0.596. The summed E-state index contributed by atoms with van der Waals surface area (Å²) in [4.78, 5) is 0. The van der Waals surface area contributed by atoms with Crippen molar-refractivity contribution in [2.75, 3.05) is 29.1 Å². The molecule has 0 aromatic heterocycles. The summed E-state index contributed by atoms with van der Waals surface area (Å²) < 4.78 is 0. The standard InChI is InChI=1S/C15H20N4O/c16-10-1-3-11(4-2-10)19-9-13-12(7-8-20)14(17)5-6-15(13)18/h1-6,19-20H,7-9,16-18H2. The fraction of sp³-hybridized carbons (Fsp3) is 0.200. The Hall–Kier alpha value is -2.40. The van der Waals surface area contributed by atoms with Gasteiger partial charge in [-0.05, 0) is 53.9 Å². The molecule has 2 rings (SSSR count). The molecule has 0 bridgehead atoms. The SMILES string of the molecule is Nc1ccc(NCc2c(N)ccc(N)c2CCO)cc1. The van der Waals surface area contributed by atoms with Crippen LogP contribution in [0.2, 0.25) is 0 Å². The Morgan fingerprint density at radius 3 is 2.05 bits per heavy atom. The van der Waals surface area contributed by atoms with E-state index in [0.717, 1.165) is 22.5 Å². The molecular formula is C15H20N4O. The normalized spacial score (nSPS) is 10.4. The third-order valence-electron chi connectivity index (χ3n) is 3.25. The van der Waals surface area contributed by atoms with Crippen molar-refractivity contribution >= 4 is 22.7 Å². The van der Waals surface area contributed by atoms with Gasteiger partial charge in [-0.3, -0.25) is 0 Å². The number of anilines is 4. The highest BCUT2D eigenvalue weighted by molar-refractivity contribution is 5.63. The summed E-state index contributed by atoms with van der Waals surface area (Å²) in [5.41, 5.74) is 22.4. The van der Waals surface area contributed by atoms with Crippen molar-refractivity contribution < 1.29 is 5.11 Å². The van der Waals surface area contributed by atoms with Crippen LogP contribution >= 0.6 is 0 Å². The van der Waals surface area contributed by atoms with E-state index in [1.165, 1.54) is 0 Å². The first-order valence-electron chi connectivity index (χ1n) is 6.47. The van der Waals surface area contributed by atoms with Crippen molar-refractivity contribution in [1.82, 2.24) is 0 Å². The molecule has 0 aliphatic heterocycles. The van der Waals surface area contributed by atoms with Crippen LogP contribution in [-0.4, -0.2) is 11.7 Å². The van der Waals surface area contributed by atoms with Crippen molar-refractivity contribution in [1.29, 1.82) is 0 Å². The average molecular weight is 272 g/mol. The van der Waals surface area contributed by atoms with E-state index in [2.05, 4.69) is 5.32 Å². The number of nitrogens with one attached hydrogen (secondary N) is 1. The lowest BCUT2D eigenvalue weighted by atomic mass is 10.0. The highest BCUT2D eigenvalue weighted by Gasteiger charge is 2.09. The molecule has 0 saturated carbocycles. The molecule has 0 aliphatic carbocycles. The quantitative estimate of drug-likeness (QED) is 0.531. The first-order valence-corrected chi connectivity index (χ1v) is 6.47. The largest absolute Gasteiger partial charge is 0.399 e. The fourth-order valence-corrected chi connectivity index (χ4v) is 2.14. The number of nitrogen functional groups attached to an aromatic ring is 3. The van der Waals surface area contributed by atoms with Gasteiger partial charge in [0.15, 0.2) is 0 Å². The molecule has 2 aromatic carbocycles. The lowest BCUT2D eigenvalue weighted by Gasteiger charge is -2.15. The molecule has 0 fully saturated rings. The Morgan fingerprint density at radius 2 is 1.45 bits per heavy atom. The molecule has 0 aliphatic rings. The van der Waals surface area contributed by atoms with Crippen molar-refractivity contribution in [3.05, 3.63) is 47.5 Å². The molecule has 0 heterocycles. The third-order valence-corrected chi connectivity index (χ3v) is 3.25. The number of aliphatic hydroxyl groups is 1. The van der Waals surface area contributed by atoms with Gasteiger partial charge in [-0.2, -0.15) is 0 Å². The van der Waals surface area contributed by atoms with Gasteiger partial charge in [-0.1, -0.05) is 0 Å². The predicted octanol–water partition coefficient (Wildman–Crippen LogP) is 1.58. The topological polar surface area (TPSA) is 110 Å². The van der Waals surface area contributed by atoms with Crippen molar-refractivity contribution in [3.8, 4) is 0 Å². The maximum absolute atomic E-state index is 9.14. The molecule has 2 aromatic rings. The van der Waals surface area contributed by atoms with E-state index < -0.39 is 0 Å². The molecule has 0 radical (unpaired) electrons. The molecule has 0 atom stereocenters. The Balaban J connectivity index is 2.20. The Labute approximate surface area is 118 Å². The van der Waals surface area contributed by atoms with Gasteiger partial charge in [0.05, 0.1) is 0 Å². The van der Waals surface area contributed by atoms with Gasteiger partial charge < -0.3 is 27.6 Å². The summed E-state index contributed by atoms with van der Waals surface area (Å²) in [5, 5.41) is 12.4. The molecule has 0 unspecified atom stereocenters. The molecule has 106 valence electrons. The summed E-state index contributed by atoms with van der Waals surface area (Å²) in [6, 6.07) is 11.0. The second-order valence-corrected chi connectivity index (χ2v) is 4.65. The van der Waals surface area contributed by atoms with E-state index in [4.69, 9.17) is 22.3 Å². The van der Waals surface area contributed by atoms with E-state index in [0.29, 0.717) is 24.3 Å². The van der Waals surface area contributed by atoms with Crippen LogP contribution in [0.1, 0.15) is 11.1 Å². The Bertz CT molecular complexity index is 581. The van der Waals surface area contributed by atoms with Crippen LogP contribution in [0.15, 0.2) is 36.4 Å². The number of benzene rings is 2. The smallest absolute Gasteiger partial charge is 0.0472 e. The predicted molar refractivity (Wildman–Crippen MR) is 84.2 cm³/mol. The zero-order chi connectivity index (χ0) is 14.5. The number of hydrogen-bond donors (Lipinski definition) is 5. The van der Waals surface area contributed by atoms with Crippen LogP contribution in [0.4, 0.5) is 22.7 Å². The number of nitrogens with two attached hydrogens (primary N) is 3. The maximum atomic E-state index is 9.14. The Morgan fingerprint density at radius 1 is 0.850 bits per heavy atom. The second-order valence-electron chi connectivity index (χ2n) is 4.65. The summed E-state index contributed by atoms with van der Waals surface area (Å²) in [5.74, 6) is 0. The van der Waals surface area contributed by atoms with Gasteiger partial charge in [0, 0.05) is 35.9 Å². The highest BCUT2D eigenvalue weighted by atomic mass is 16.2. The molecule has 5 nitrogen and oxygen atoms in total. The van der Waals surface area contributed by atoms with Gasteiger partial charge in [-0.25, -0.2) is 0 Å². The molecule has 0 saturated heterocycles. The lowest BCUT2D eigenvalue weighted by Crippen LogP contribution is -2.10. The Kier molecular flexibility index (Phi) is 4.32. The van der Waals surface area contributed by atoms with Crippen LogP contribution in [0, 0.1) is 0 Å². The van der Waals surface area contributed by atoms with Crippen molar-refractivity contribution in [2.24, 2.45) is 0 Å². The lowest BCUT2D eigenvalue weighted by molar-refractivity contribution is 0.299. The van der Waals surface area contributed by atoms with Gasteiger partial charge in [-0.15, -0.1) is 0 Å². The molecule has 0 spiro atoms. The zero-order valence-corrected chi connectivity index (χ0v) is 11.3. The number of hydrogen-bond acceptors (Lipinski definition) is 5. The molecule has 0 amide bonds. The monoisotopic (exact) mass is 272 g/mol. The van der Waals surface area contributed by atoms with Gasteiger partial charge in [0.1, 0.15) is 0 Å². The minimum Gasteiger partial charge on any atom is -0.399 e. The molecular weight excluding hydrogens is 252 g/mol. The first kappa shape index (κ1) is 14.0. The van der Waals surface area contributed by atoms with Gasteiger partial charge in [0.25, 0.3) is 0 Å². The molecule has 20 heavy (non-hydrogen) atoms. The first-order chi connectivity index (χ1) is 9.61. The van der Waals surface area contributed by atoms with E-state index in [1.807, 2.05) is 24.3 Å². The highest BCUT2D eigenvalue weighted by Crippen LogP contribution is 2.25. The molecule has 8 N–H and O–H groups in total. The van der Waals surface area contributed by atoms with Crippen LogP contribution in [0.5, 0.6) is 0 Å². The zero-order valence-electron chi connectivity index (χ0n) is 11.3. The third kappa shape index (κ3) is 3.13. The van der Waals surface area contributed by atoms with Crippen LogP contribution in [0.3, 0.4) is 0 Å². The minimum absolute atomic E-state index is 0.0442. The summed E-state index contributed by atoms with van der Waals surface area (Å²) >= 11 is 0. The number of rotatable bonds is 5. The van der Waals surface area contributed by atoms with E-state index in [1.54, 1.807) is 12.1 Å². The van der Waals surface area contributed by atoms with E-state index in [-0.39, 0.29) is 6.61 Å². The summed E-state index contributed by atoms with van der Waals surface area (Å²) in [6.07, 6.45) is 0.496. The average Bonchev–Trinajstić information content (AvgIpc) is 2.44. The number of aliphatic hydroxyl groups excluding tert-OH is 1. The van der Waals surface area contributed by atoms with E-state index in [9.17, 15) is 0 Å². The maximum Gasteiger partial charge on any atom is 0.0472 e. The second kappa shape index (κ2) is 6.16. The van der Waals surface area contributed by atoms with Gasteiger partial charge in [0.2, 0.25) is 0 Å².